The van der Waals surface area contributed by atoms with Gasteiger partial charge in [0.1, 0.15) is 0 Å². The summed E-state index contributed by atoms with van der Waals surface area (Å²) in [6.45, 7) is 1.95. The minimum atomic E-state index is -0.539. The molecule has 0 aromatic heterocycles. The number of rotatable bonds is 4. The molecule has 1 aliphatic rings. The van der Waals surface area contributed by atoms with Crippen molar-refractivity contribution in [2.24, 2.45) is 5.92 Å². The van der Waals surface area contributed by atoms with Crippen LogP contribution < -0.4 is 5.32 Å². The molecule has 1 N–H and O–H groups in total. The van der Waals surface area contributed by atoms with E-state index in [1.165, 1.54) is 24.6 Å². The number of carbonyl (C=O) groups is 1. The molecule has 0 aliphatic heterocycles. The summed E-state index contributed by atoms with van der Waals surface area (Å²) in [7, 11) is 0. The Kier molecular flexibility index (Phi) is 4.04. The number of halogens is 1. The molecule has 1 aliphatic carbocycles. The Morgan fingerprint density at radius 2 is 2.21 bits per heavy atom. The maximum absolute atomic E-state index is 12.1. The van der Waals surface area contributed by atoms with Crippen molar-refractivity contribution in [1.82, 2.24) is 5.32 Å². The first-order valence-corrected chi connectivity index (χ1v) is 6.61. The lowest BCUT2D eigenvalue weighted by Crippen LogP contribution is -2.40. The average molecular weight is 283 g/mol. The molecule has 1 atom stereocenters. The van der Waals surface area contributed by atoms with Crippen LogP contribution >= 0.6 is 11.6 Å². The minimum Gasteiger partial charge on any atom is -0.349 e. The summed E-state index contributed by atoms with van der Waals surface area (Å²) in [4.78, 5) is 22.2. The third-order valence-electron chi connectivity index (χ3n) is 3.62. The fraction of sp³-hybridized carbons (Fsp3) is 0.462. The maximum Gasteiger partial charge on any atom is 0.270 e. The van der Waals surface area contributed by atoms with Crippen molar-refractivity contribution in [3.8, 4) is 0 Å². The summed E-state index contributed by atoms with van der Waals surface area (Å²) in [6.07, 6.45) is 3.43. The highest BCUT2D eigenvalue weighted by Gasteiger charge is 2.26. The average Bonchev–Trinajstić information content (AvgIpc) is 2.26. The van der Waals surface area contributed by atoms with Crippen LogP contribution in [0.1, 0.15) is 36.5 Å². The number of hydrogen-bond donors (Lipinski definition) is 1. The standard InChI is InChI=1S/C13H15ClN2O3/c1-8(9-3-2-4-9)15-13(17)11-7-10(16(18)19)5-6-12(11)14/h5-9H,2-4H2,1H3,(H,15,17). The van der Waals surface area contributed by atoms with Crippen molar-refractivity contribution in [1.29, 1.82) is 0 Å². The van der Waals surface area contributed by atoms with Crippen molar-refractivity contribution in [2.75, 3.05) is 0 Å². The maximum atomic E-state index is 12.1. The molecule has 0 bridgehead atoms. The molecule has 5 nitrogen and oxygen atoms in total. The highest BCUT2D eigenvalue weighted by atomic mass is 35.5. The van der Waals surface area contributed by atoms with E-state index in [2.05, 4.69) is 5.32 Å². The third kappa shape index (κ3) is 3.04. The topological polar surface area (TPSA) is 72.2 Å². The van der Waals surface area contributed by atoms with Gasteiger partial charge in [0.2, 0.25) is 0 Å². The molecule has 102 valence electrons. The fourth-order valence-corrected chi connectivity index (χ4v) is 2.35. The number of carbonyl (C=O) groups excluding carboxylic acids is 1. The fourth-order valence-electron chi connectivity index (χ4n) is 2.14. The number of benzene rings is 1. The molecule has 19 heavy (non-hydrogen) atoms. The van der Waals surface area contributed by atoms with Gasteiger partial charge in [-0.25, -0.2) is 0 Å². The van der Waals surface area contributed by atoms with E-state index in [0.717, 1.165) is 12.8 Å². The number of nitrogens with zero attached hydrogens (tertiary/aromatic N) is 1. The molecule has 1 unspecified atom stereocenters. The van der Waals surface area contributed by atoms with E-state index in [1.54, 1.807) is 0 Å². The molecule has 0 radical (unpaired) electrons. The van der Waals surface area contributed by atoms with E-state index < -0.39 is 4.92 Å². The van der Waals surface area contributed by atoms with Crippen LogP contribution in [0.2, 0.25) is 5.02 Å². The number of amides is 1. The lowest BCUT2D eigenvalue weighted by Gasteiger charge is -2.31. The van der Waals surface area contributed by atoms with Gasteiger partial charge in [0.05, 0.1) is 15.5 Å². The van der Waals surface area contributed by atoms with E-state index in [-0.39, 0.29) is 28.2 Å². The van der Waals surface area contributed by atoms with Gasteiger partial charge < -0.3 is 5.32 Å². The molecule has 1 amide bonds. The molecule has 2 rings (SSSR count). The Bertz CT molecular complexity index is 515. The van der Waals surface area contributed by atoms with Crippen molar-refractivity contribution in [2.45, 2.75) is 32.2 Å². The van der Waals surface area contributed by atoms with Crippen molar-refractivity contribution >= 4 is 23.2 Å². The van der Waals surface area contributed by atoms with Crippen LogP contribution in [0.15, 0.2) is 18.2 Å². The normalized spacial score (nSPS) is 16.5. The van der Waals surface area contributed by atoms with E-state index in [1.807, 2.05) is 6.92 Å². The Hall–Kier alpha value is -1.62. The first-order chi connectivity index (χ1) is 8.99. The highest BCUT2D eigenvalue weighted by molar-refractivity contribution is 6.33. The van der Waals surface area contributed by atoms with Gasteiger partial charge in [-0.15, -0.1) is 0 Å². The number of hydrogen-bond acceptors (Lipinski definition) is 3. The lowest BCUT2D eigenvalue weighted by atomic mass is 9.80. The van der Waals surface area contributed by atoms with Crippen LogP contribution in [0.25, 0.3) is 0 Å². The number of nitrogens with one attached hydrogen (secondary N) is 1. The summed E-state index contributed by atoms with van der Waals surface area (Å²) >= 11 is 5.92. The SMILES string of the molecule is CC(NC(=O)c1cc([N+](=O)[O-])ccc1Cl)C1CCC1. The van der Waals surface area contributed by atoms with E-state index >= 15 is 0 Å². The molecule has 0 saturated heterocycles. The quantitative estimate of drug-likeness (QED) is 0.681. The monoisotopic (exact) mass is 282 g/mol. The van der Waals surface area contributed by atoms with Crippen LogP contribution in [0.3, 0.4) is 0 Å². The summed E-state index contributed by atoms with van der Waals surface area (Å²) in [5.74, 6) is 0.148. The molecule has 0 heterocycles. The van der Waals surface area contributed by atoms with Crippen LogP contribution in [0.4, 0.5) is 5.69 Å². The molecule has 1 saturated carbocycles. The molecular weight excluding hydrogens is 268 g/mol. The van der Waals surface area contributed by atoms with Crippen molar-refractivity contribution in [3.05, 3.63) is 38.9 Å². The Morgan fingerprint density at radius 3 is 2.74 bits per heavy atom. The Morgan fingerprint density at radius 1 is 1.53 bits per heavy atom. The highest BCUT2D eigenvalue weighted by Crippen LogP contribution is 2.30. The van der Waals surface area contributed by atoms with Crippen LogP contribution in [-0.4, -0.2) is 16.9 Å². The third-order valence-corrected chi connectivity index (χ3v) is 3.95. The summed E-state index contributed by atoms with van der Waals surface area (Å²) < 4.78 is 0. The number of nitro benzene ring substituents is 1. The van der Waals surface area contributed by atoms with Gasteiger partial charge >= 0.3 is 0 Å². The van der Waals surface area contributed by atoms with Crippen molar-refractivity contribution in [3.63, 3.8) is 0 Å². The minimum absolute atomic E-state index is 0.0663. The molecule has 0 spiro atoms. The predicted molar refractivity (Wildman–Crippen MR) is 72.4 cm³/mol. The summed E-state index contributed by atoms with van der Waals surface area (Å²) in [5.41, 5.74) is 0.0212. The zero-order valence-corrected chi connectivity index (χ0v) is 11.3. The molecular formula is C13H15ClN2O3. The zero-order chi connectivity index (χ0) is 14.0. The first kappa shape index (κ1) is 13.8. The molecule has 6 heteroatoms. The first-order valence-electron chi connectivity index (χ1n) is 6.24. The van der Waals surface area contributed by atoms with Crippen LogP contribution in [0.5, 0.6) is 0 Å². The van der Waals surface area contributed by atoms with E-state index in [4.69, 9.17) is 11.6 Å². The molecule has 1 aromatic rings. The summed E-state index contributed by atoms with van der Waals surface area (Å²) in [5, 5.41) is 13.8. The second-order valence-corrected chi connectivity index (χ2v) is 5.28. The lowest BCUT2D eigenvalue weighted by molar-refractivity contribution is -0.384. The second-order valence-electron chi connectivity index (χ2n) is 4.87. The summed E-state index contributed by atoms with van der Waals surface area (Å²) in [6, 6.07) is 3.94. The van der Waals surface area contributed by atoms with E-state index in [9.17, 15) is 14.9 Å². The van der Waals surface area contributed by atoms with Crippen molar-refractivity contribution < 1.29 is 9.72 Å². The van der Waals surface area contributed by atoms with Gasteiger partial charge in [0.15, 0.2) is 0 Å². The number of non-ortho nitro benzene ring substituents is 1. The van der Waals surface area contributed by atoms with Gasteiger partial charge in [0.25, 0.3) is 11.6 Å². The van der Waals surface area contributed by atoms with Gasteiger partial charge in [-0.3, -0.25) is 14.9 Å². The van der Waals surface area contributed by atoms with Gasteiger partial charge in [-0.2, -0.15) is 0 Å². The predicted octanol–water partition coefficient (Wildman–Crippen LogP) is 3.17. The second kappa shape index (κ2) is 5.57. The zero-order valence-electron chi connectivity index (χ0n) is 10.6. The Labute approximate surface area is 116 Å². The van der Waals surface area contributed by atoms with Crippen LogP contribution in [-0.2, 0) is 0 Å². The van der Waals surface area contributed by atoms with E-state index in [0.29, 0.717) is 5.92 Å². The van der Waals surface area contributed by atoms with Gasteiger partial charge in [0, 0.05) is 18.2 Å². The largest absolute Gasteiger partial charge is 0.349 e. The van der Waals surface area contributed by atoms with Gasteiger partial charge in [-0.1, -0.05) is 18.0 Å². The molecule has 1 fully saturated rings. The smallest absolute Gasteiger partial charge is 0.270 e. The number of nitro groups is 1. The van der Waals surface area contributed by atoms with Gasteiger partial charge in [-0.05, 0) is 31.7 Å². The Balaban J connectivity index is 2.13. The van der Waals surface area contributed by atoms with Crippen LogP contribution in [0, 0.1) is 16.0 Å². The molecule has 1 aromatic carbocycles.